The van der Waals surface area contributed by atoms with Crippen LogP contribution in [0.5, 0.6) is 5.75 Å². The topological polar surface area (TPSA) is 80.1 Å². The van der Waals surface area contributed by atoms with Crippen molar-refractivity contribution in [2.75, 3.05) is 44.8 Å². The van der Waals surface area contributed by atoms with Crippen LogP contribution < -0.4 is 4.74 Å². The minimum Gasteiger partial charge on any atom is -0.497 e. The molecule has 8 heteroatoms. The largest absolute Gasteiger partial charge is 0.497 e. The van der Waals surface area contributed by atoms with Crippen LogP contribution in [-0.2, 0) is 9.84 Å². The Hall–Kier alpha value is -2.06. The van der Waals surface area contributed by atoms with Gasteiger partial charge in [-0.2, -0.15) is 0 Å². The molecule has 1 aromatic heterocycles. The molecule has 2 fully saturated rings. The number of nitrogens with zero attached hydrogens (tertiary/aromatic N) is 2. The van der Waals surface area contributed by atoms with Gasteiger partial charge >= 0.3 is 0 Å². The molecule has 0 N–H and O–H groups in total. The van der Waals surface area contributed by atoms with Gasteiger partial charge in [0, 0.05) is 43.2 Å². The third-order valence-corrected chi connectivity index (χ3v) is 7.41. The summed E-state index contributed by atoms with van der Waals surface area (Å²) in [6, 6.07) is 5.60. The minimum atomic E-state index is -2.89. The molecule has 0 bridgehead atoms. The number of carbonyl (C=O) groups is 1. The van der Waals surface area contributed by atoms with Crippen molar-refractivity contribution >= 4 is 26.7 Å². The van der Waals surface area contributed by atoms with E-state index < -0.39 is 9.84 Å². The Balaban J connectivity index is 1.47. The second kappa shape index (κ2) is 6.83. The minimum absolute atomic E-state index is 0.0904. The molecule has 4 rings (SSSR count). The number of sulfone groups is 1. The summed E-state index contributed by atoms with van der Waals surface area (Å²) in [5.41, 5.74) is 1.49. The molecule has 0 saturated carbocycles. The fourth-order valence-electron chi connectivity index (χ4n) is 4.03. The molecule has 0 spiro atoms. The zero-order valence-electron chi connectivity index (χ0n) is 15.6. The Kier molecular flexibility index (Phi) is 4.63. The molecular weight excluding hydrogens is 368 g/mol. The molecule has 1 atom stereocenters. The highest BCUT2D eigenvalue weighted by molar-refractivity contribution is 7.91. The number of aryl methyl sites for hydroxylation is 1. The van der Waals surface area contributed by atoms with Gasteiger partial charge in [-0.15, -0.1) is 0 Å². The quantitative estimate of drug-likeness (QED) is 0.791. The zero-order chi connectivity index (χ0) is 19.2. The maximum Gasteiger partial charge on any atom is 0.289 e. The van der Waals surface area contributed by atoms with Crippen LogP contribution >= 0.6 is 0 Å². The van der Waals surface area contributed by atoms with Crippen LogP contribution in [0.25, 0.3) is 11.0 Å². The number of rotatable bonds is 3. The van der Waals surface area contributed by atoms with Gasteiger partial charge in [0.1, 0.15) is 11.3 Å². The summed E-state index contributed by atoms with van der Waals surface area (Å²) in [6.07, 6.45) is 0.695. The van der Waals surface area contributed by atoms with Crippen molar-refractivity contribution in [3.8, 4) is 5.75 Å². The SMILES string of the molecule is COc1ccc2oc(C(=O)N3CCN([C@H]4CCS(=O)(=O)C4)CC3)c(C)c2c1. The lowest BCUT2D eigenvalue weighted by Crippen LogP contribution is -2.52. The first kappa shape index (κ1) is 18.3. The second-order valence-corrected chi connectivity index (χ2v) is 9.53. The normalized spacial score (nSPS) is 23.0. The Morgan fingerprint density at radius 2 is 1.96 bits per heavy atom. The molecule has 2 aromatic rings. The lowest BCUT2D eigenvalue weighted by Gasteiger charge is -2.37. The highest BCUT2D eigenvalue weighted by Crippen LogP contribution is 2.30. The van der Waals surface area contributed by atoms with E-state index in [1.54, 1.807) is 12.0 Å². The average molecular weight is 392 g/mol. The molecule has 7 nitrogen and oxygen atoms in total. The first-order chi connectivity index (χ1) is 12.9. The molecule has 2 aliphatic rings. The molecule has 1 amide bonds. The van der Waals surface area contributed by atoms with Crippen molar-refractivity contribution < 1.29 is 22.4 Å². The van der Waals surface area contributed by atoms with Gasteiger partial charge in [-0.1, -0.05) is 0 Å². The first-order valence-corrected chi connectivity index (χ1v) is 11.0. The van der Waals surface area contributed by atoms with Crippen LogP contribution in [0.3, 0.4) is 0 Å². The standard InChI is InChI=1S/C19H24N2O5S/c1-13-16-11-15(25-2)3-4-17(16)26-18(13)19(22)21-8-6-20(7-9-21)14-5-10-27(23,24)12-14/h3-4,11,14H,5-10,12H2,1-2H3/t14-/m0/s1. The molecule has 2 aliphatic heterocycles. The average Bonchev–Trinajstić information content (AvgIpc) is 3.20. The van der Waals surface area contributed by atoms with E-state index >= 15 is 0 Å². The summed E-state index contributed by atoms with van der Waals surface area (Å²) in [7, 11) is -1.28. The van der Waals surface area contributed by atoms with Crippen LogP contribution in [-0.4, -0.2) is 75.0 Å². The maximum atomic E-state index is 13.0. The highest BCUT2D eigenvalue weighted by Gasteiger charge is 2.35. The number of hydrogen-bond acceptors (Lipinski definition) is 6. The Morgan fingerprint density at radius 1 is 1.22 bits per heavy atom. The fraction of sp³-hybridized carbons (Fsp3) is 0.526. The number of carbonyl (C=O) groups excluding carboxylic acids is 1. The number of methoxy groups -OCH3 is 1. The molecule has 1 aromatic carbocycles. The third kappa shape index (κ3) is 3.43. The molecular formula is C19H24N2O5S. The molecule has 146 valence electrons. The summed E-state index contributed by atoms with van der Waals surface area (Å²) in [4.78, 5) is 17.0. The van der Waals surface area contributed by atoms with E-state index in [1.807, 2.05) is 25.1 Å². The molecule has 2 saturated heterocycles. The smallest absolute Gasteiger partial charge is 0.289 e. The van der Waals surface area contributed by atoms with E-state index in [-0.39, 0.29) is 23.5 Å². The summed E-state index contributed by atoms with van der Waals surface area (Å²) in [5, 5.41) is 0.882. The van der Waals surface area contributed by atoms with Crippen LogP contribution in [0, 0.1) is 6.92 Å². The van der Waals surface area contributed by atoms with Gasteiger partial charge in [0.2, 0.25) is 0 Å². The van der Waals surface area contributed by atoms with Crippen molar-refractivity contribution in [1.29, 1.82) is 0 Å². The van der Waals surface area contributed by atoms with Gasteiger partial charge in [0.25, 0.3) is 5.91 Å². The summed E-state index contributed by atoms with van der Waals surface area (Å²) >= 11 is 0. The molecule has 27 heavy (non-hydrogen) atoms. The number of hydrogen-bond donors (Lipinski definition) is 0. The molecule has 0 radical (unpaired) electrons. The monoisotopic (exact) mass is 392 g/mol. The van der Waals surface area contributed by atoms with Gasteiger partial charge in [-0.05, 0) is 31.5 Å². The Labute approximate surface area is 158 Å². The fourth-order valence-corrected chi connectivity index (χ4v) is 5.79. The number of piperazine rings is 1. The number of furan rings is 1. The lowest BCUT2D eigenvalue weighted by molar-refractivity contribution is 0.0560. The van der Waals surface area contributed by atoms with Gasteiger partial charge in [-0.25, -0.2) is 8.42 Å². The molecule has 0 aliphatic carbocycles. The van der Waals surface area contributed by atoms with E-state index in [9.17, 15) is 13.2 Å². The third-order valence-electron chi connectivity index (χ3n) is 5.66. The van der Waals surface area contributed by atoms with E-state index in [0.717, 1.165) is 16.7 Å². The number of fused-ring (bicyclic) bond motifs is 1. The van der Waals surface area contributed by atoms with Gasteiger partial charge in [0.05, 0.1) is 18.6 Å². The van der Waals surface area contributed by atoms with Crippen LogP contribution in [0.15, 0.2) is 22.6 Å². The van der Waals surface area contributed by atoms with Crippen molar-refractivity contribution in [3.05, 3.63) is 29.5 Å². The number of amides is 1. The highest BCUT2D eigenvalue weighted by atomic mass is 32.2. The molecule has 3 heterocycles. The van der Waals surface area contributed by atoms with Crippen LogP contribution in [0.4, 0.5) is 0 Å². The van der Waals surface area contributed by atoms with Crippen molar-refractivity contribution in [3.63, 3.8) is 0 Å². The van der Waals surface area contributed by atoms with Crippen molar-refractivity contribution in [1.82, 2.24) is 9.80 Å². The van der Waals surface area contributed by atoms with E-state index in [2.05, 4.69) is 4.90 Å². The Bertz CT molecular complexity index is 973. The molecule has 0 unspecified atom stereocenters. The van der Waals surface area contributed by atoms with Crippen molar-refractivity contribution in [2.45, 2.75) is 19.4 Å². The predicted molar refractivity (Wildman–Crippen MR) is 102 cm³/mol. The lowest BCUT2D eigenvalue weighted by atomic mass is 10.1. The van der Waals surface area contributed by atoms with Gasteiger partial charge < -0.3 is 14.1 Å². The zero-order valence-corrected chi connectivity index (χ0v) is 16.4. The van der Waals surface area contributed by atoms with E-state index in [4.69, 9.17) is 9.15 Å². The van der Waals surface area contributed by atoms with Gasteiger partial charge in [-0.3, -0.25) is 9.69 Å². The van der Waals surface area contributed by atoms with Crippen molar-refractivity contribution in [2.24, 2.45) is 0 Å². The van der Waals surface area contributed by atoms with E-state index in [1.165, 1.54) is 0 Å². The maximum absolute atomic E-state index is 13.0. The van der Waals surface area contributed by atoms with Crippen LogP contribution in [0.2, 0.25) is 0 Å². The second-order valence-electron chi connectivity index (χ2n) is 7.30. The van der Waals surface area contributed by atoms with Crippen LogP contribution in [0.1, 0.15) is 22.5 Å². The number of benzene rings is 1. The summed E-state index contributed by atoms with van der Waals surface area (Å²) < 4.78 is 34.5. The summed E-state index contributed by atoms with van der Waals surface area (Å²) in [5.74, 6) is 1.51. The predicted octanol–water partition coefficient (Wildman–Crippen LogP) is 1.69. The van der Waals surface area contributed by atoms with E-state index in [0.29, 0.717) is 43.9 Å². The Morgan fingerprint density at radius 3 is 2.59 bits per heavy atom. The number of ether oxygens (including phenoxy) is 1. The first-order valence-electron chi connectivity index (χ1n) is 9.19. The van der Waals surface area contributed by atoms with Gasteiger partial charge in [0.15, 0.2) is 15.6 Å². The summed E-state index contributed by atoms with van der Waals surface area (Å²) in [6.45, 7) is 4.43.